The third-order valence-electron chi connectivity index (χ3n) is 1.50. The van der Waals surface area contributed by atoms with Crippen LogP contribution in [0.4, 0.5) is 10.6 Å². The highest BCUT2D eigenvalue weighted by Gasteiger charge is 2.03. The minimum Gasteiger partial charge on any atom is -0.465 e. The lowest BCUT2D eigenvalue weighted by molar-refractivity contribution is 0.199. The molecule has 0 radical (unpaired) electrons. The van der Waals surface area contributed by atoms with Crippen molar-refractivity contribution in [1.29, 1.82) is 0 Å². The van der Waals surface area contributed by atoms with Gasteiger partial charge in [0.2, 0.25) is 0 Å². The first-order chi connectivity index (χ1) is 6.09. The summed E-state index contributed by atoms with van der Waals surface area (Å²) in [4.78, 5) is 14.0. The van der Waals surface area contributed by atoms with Crippen LogP contribution in [0, 0.1) is 0 Å². The number of hydrogen-bond donors (Lipinski definition) is 3. The lowest BCUT2D eigenvalue weighted by Gasteiger charge is -2.05. The van der Waals surface area contributed by atoms with Gasteiger partial charge in [0.25, 0.3) is 0 Å². The minimum atomic E-state index is -1.17. The zero-order valence-corrected chi connectivity index (χ0v) is 7.06. The number of rotatable bonds is 2. The molecule has 5 nitrogen and oxygen atoms in total. The molecule has 1 aromatic heterocycles. The number of anilines is 1. The van der Waals surface area contributed by atoms with Crippen LogP contribution >= 0.6 is 0 Å². The van der Waals surface area contributed by atoms with Crippen molar-refractivity contribution in [2.24, 2.45) is 0 Å². The maximum Gasteiger partial charge on any atom is 0.410 e. The van der Waals surface area contributed by atoms with Crippen molar-refractivity contribution in [2.45, 2.75) is 13.0 Å². The molecule has 0 saturated heterocycles. The molecule has 13 heavy (non-hydrogen) atoms. The number of aliphatic hydroxyl groups excluding tert-OH is 1. The summed E-state index contributed by atoms with van der Waals surface area (Å²) in [5, 5.41) is 19.7. The SMILES string of the molecule is CC(O)c1ccnc(NC(=O)O)c1. The van der Waals surface area contributed by atoms with Crippen LogP contribution in [0.5, 0.6) is 0 Å². The van der Waals surface area contributed by atoms with Gasteiger partial charge < -0.3 is 10.2 Å². The topological polar surface area (TPSA) is 82.5 Å². The third-order valence-corrected chi connectivity index (χ3v) is 1.50. The highest BCUT2D eigenvalue weighted by molar-refractivity contribution is 5.81. The van der Waals surface area contributed by atoms with E-state index in [-0.39, 0.29) is 5.82 Å². The summed E-state index contributed by atoms with van der Waals surface area (Å²) in [6.07, 6.45) is -0.361. The van der Waals surface area contributed by atoms with Gasteiger partial charge in [0.1, 0.15) is 5.82 Å². The first-order valence-electron chi connectivity index (χ1n) is 3.73. The highest BCUT2D eigenvalue weighted by Crippen LogP contribution is 2.14. The Morgan fingerprint density at radius 2 is 2.38 bits per heavy atom. The number of carbonyl (C=O) groups is 1. The van der Waals surface area contributed by atoms with E-state index >= 15 is 0 Å². The molecule has 0 aromatic carbocycles. The fourth-order valence-corrected chi connectivity index (χ4v) is 0.885. The standard InChI is InChI=1S/C8H10N2O3/c1-5(11)6-2-3-9-7(4-6)10-8(12)13/h2-5,11H,1H3,(H,9,10)(H,12,13). The van der Waals surface area contributed by atoms with Crippen molar-refractivity contribution in [2.75, 3.05) is 5.32 Å². The van der Waals surface area contributed by atoms with E-state index in [9.17, 15) is 9.90 Å². The van der Waals surface area contributed by atoms with Crippen LogP contribution in [-0.4, -0.2) is 21.3 Å². The molecule has 1 heterocycles. The second-order valence-corrected chi connectivity index (χ2v) is 2.58. The lowest BCUT2D eigenvalue weighted by Crippen LogP contribution is -2.09. The Hall–Kier alpha value is -1.62. The molecule has 0 saturated carbocycles. The van der Waals surface area contributed by atoms with E-state index < -0.39 is 12.2 Å². The summed E-state index contributed by atoms with van der Waals surface area (Å²) in [6, 6.07) is 3.11. The lowest BCUT2D eigenvalue weighted by atomic mass is 10.2. The van der Waals surface area contributed by atoms with Crippen molar-refractivity contribution in [3.8, 4) is 0 Å². The number of hydrogen-bond acceptors (Lipinski definition) is 3. The molecule has 1 amide bonds. The molecule has 0 bridgehead atoms. The number of nitrogens with zero attached hydrogens (tertiary/aromatic N) is 1. The molecular formula is C8H10N2O3. The molecule has 0 spiro atoms. The van der Waals surface area contributed by atoms with E-state index in [1.807, 2.05) is 0 Å². The first-order valence-corrected chi connectivity index (χ1v) is 3.73. The molecule has 0 fully saturated rings. The van der Waals surface area contributed by atoms with Crippen LogP contribution in [0.3, 0.4) is 0 Å². The van der Waals surface area contributed by atoms with Crippen LogP contribution in [0.25, 0.3) is 0 Å². The summed E-state index contributed by atoms with van der Waals surface area (Å²) < 4.78 is 0. The number of nitrogens with one attached hydrogen (secondary N) is 1. The molecule has 1 aromatic rings. The van der Waals surface area contributed by atoms with Gasteiger partial charge in [-0.25, -0.2) is 9.78 Å². The Labute approximate surface area is 75.0 Å². The van der Waals surface area contributed by atoms with Gasteiger partial charge in [-0.1, -0.05) is 0 Å². The van der Waals surface area contributed by atoms with Gasteiger partial charge in [-0.15, -0.1) is 0 Å². The average Bonchev–Trinajstić information content (AvgIpc) is 2.03. The second-order valence-electron chi connectivity index (χ2n) is 2.58. The number of pyridine rings is 1. The third kappa shape index (κ3) is 2.72. The highest BCUT2D eigenvalue weighted by atomic mass is 16.4. The van der Waals surface area contributed by atoms with E-state index in [4.69, 9.17) is 5.11 Å². The second kappa shape index (κ2) is 3.86. The van der Waals surface area contributed by atoms with Gasteiger partial charge in [-0.2, -0.15) is 0 Å². The Balaban J connectivity index is 2.85. The molecule has 1 atom stereocenters. The molecule has 0 aliphatic heterocycles. The predicted octanol–water partition coefficient (Wildman–Crippen LogP) is 1.22. The normalized spacial score (nSPS) is 12.2. The summed E-state index contributed by atoms with van der Waals surface area (Å²) in [7, 11) is 0. The molecule has 5 heteroatoms. The van der Waals surface area contributed by atoms with Gasteiger partial charge in [0, 0.05) is 6.20 Å². The van der Waals surface area contributed by atoms with Crippen molar-refractivity contribution in [3.05, 3.63) is 23.9 Å². The van der Waals surface area contributed by atoms with E-state index in [1.54, 1.807) is 13.0 Å². The first kappa shape index (κ1) is 9.47. The van der Waals surface area contributed by atoms with Crippen molar-refractivity contribution in [1.82, 2.24) is 4.98 Å². The monoisotopic (exact) mass is 182 g/mol. The minimum absolute atomic E-state index is 0.214. The molecule has 1 unspecified atom stereocenters. The van der Waals surface area contributed by atoms with Crippen molar-refractivity contribution >= 4 is 11.9 Å². The average molecular weight is 182 g/mol. The van der Waals surface area contributed by atoms with Gasteiger partial charge in [0.05, 0.1) is 6.10 Å². The van der Waals surface area contributed by atoms with Crippen molar-refractivity contribution < 1.29 is 15.0 Å². The maximum absolute atomic E-state index is 10.2. The zero-order valence-electron chi connectivity index (χ0n) is 7.06. The van der Waals surface area contributed by atoms with E-state index in [2.05, 4.69) is 10.3 Å². The number of carboxylic acid groups (broad SMARTS) is 1. The smallest absolute Gasteiger partial charge is 0.410 e. The Morgan fingerprint density at radius 1 is 1.69 bits per heavy atom. The number of aliphatic hydroxyl groups is 1. The fraction of sp³-hybridized carbons (Fsp3) is 0.250. The van der Waals surface area contributed by atoms with Crippen molar-refractivity contribution in [3.63, 3.8) is 0 Å². The maximum atomic E-state index is 10.2. The van der Waals surface area contributed by atoms with E-state index in [0.717, 1.165) is 0 Å². The Kier molecular flexibility index (Phi) is 2.81. The number of aromatic nitrogens is 1. The van der Waals surface area contributed by atoms with Crippen LogP contribution in [0.2, 0.25) is 0 Å². The predicted molar refractivity (Wildman–Crippen MR) is 46.5 cm³/mol. The molecule has 3 N–H and O–H groups in total. The zero-order chi connectivity index (χ0) is 9.84. The summed E-state index contributed by atoms with van der Waals surface area (Å²) in [6.45, 7) is 1.60. The molecule has 0 aliphatic rings. The van der Waals surface area contributed by atoms with Crippen LogP contribution in [0.15, 0.2) is 18.3 Å². The molecule has 0 aliphatic carbocycles. The van der Waals surface area contributed by atoms with Gasteiger partial charge in [-0.05, 0) is 24.6 Å². The van der Waals surface area contributed by atoms with E-state index in [0.29, 0.717) is 5.56 Å². The largest absolute Gasteiger partial charge is 0.465 e. The molecule has 70 valence electrons. The van der Waals surface area contributed by atoms with Gasteiger partial charge >= 0.3 is 6.09 Å². The van der Waals surface area contributed by atoms with E-state index in [1.165, 1.54) is 12.3 Å². The Morgan fingerprint density at radius 3 is 2.92 bits per heavy atom. The van der Waals surface area contributed by atoms with Gasteiger partial charge in [0.15, 0.2) is 0 Å². The van der Waals surface area contributed by atoms with Gasteiger partial charge in [-0.3, -0.25) is 5.32 Å². The summed E-state index contributed by atoms with van der Waals surface area (Å²) in [5.74, 6) is 0.214. The fourth-order valence-electron chi connectivity index (χ4n) is 0.885. The summed E-state index contributed by atoms with van der Waals surface area (Å²) in [5.41, 5.74) is 0.624. The Bertz CT molecular complexity index is 312. The molecule has 1 rings (SSSR count). The van der Waals surface area contributed by atoms with Crippen LogP contribution < -0.4 is 5.32 Å². The molecular weight excluding hydrogens is 172 g/mol. The summed E-state index contributed by atoms with van der Waals surface area (Å²) >= 11 is 0. The van der Waals surface area contributed by atoms with Crippen LogP contribution in [0.1, 0.15) is 18.6 Å². The quantitative estimate of drug-likeness (QED) is 0.642. The number of amides is 1. The van der Waals surface area contributed by atoms with Crippen LogP contribution in [-0.2, 0) is 0 Å².